The first-order chi connectivity index (χ1) is 8.85. The molecule has 0 saturated carbocycles. The van der Waals surface area contributed by atoms with Crippen molar-refractivity contribution in [2.24, 2.45) is 0 Å². The largest absolute Gasteiger partial charge is 0.231 e. The summed E-state index contributed by atoms with van der Waals surface area (Å²) in [5.74, 6) is 0.949. The molecule has 0 atom stereocenters. The van der Waals surface area contributed by atoms with E-state index in [4.69, 9.17) is 0 Å². The molecule has 90 valence electrons. The Kier molecular flexibility index (Phi) is 4.62. The Labute approximate surface area is 115 Å². The second-order valence-corrected chi connectivity index (χ2v) is 5.62. The van der Waals surface area contributed by atoms with Crippen molar-refractivity contribution in [3.8, 4) is 6.07 Å². The van der Waals surface area contributed by atoms with E-state index in [2.05, 4.69) is 23.0 Å². The second kappa shape index (κ2) is 6.43. The van der Waals surface area contributed by atoms with E-state index in [0.29, 0.717) is 10.7 Å². The summed E-state index contributed by atoms with van der Waals surface area (Å²) in [6.45, 7) is 2.08. The van der Waals surface area contributed by atoms with Crippen LogP contribution in [0.1, 0.15) is 12.5 Å². The molecular weight excluding hydrogens is 262 g/mol. The Morgan fingerprint density at radius 3 is 2.56 bits per heavy atom. The van der Waals surface area contributed by atoms with E-state index in [1.165, 1.54) is 11.8 Å². The molecule has 0 N–H and O–H groups in total. The van der Waals surface area contributed by atoms with Crippen LogP contribution in [0, 0.1) is 11.3 Å². The molecular formula is C13H11N3S2. The summed E-state index contributed by atoms with van der Waals surface area (Å²) in [5.41, 5.74) is 0.710. The minimum absolute atomic E-state index is 0.660. The van der Waals surface area contributed by atoms with Crippen LogP contribution in [0.2, 0.25) is 0 Å². The van der Waals surface area contributed by atoms with Crippen LogP contribution < -0.4 is 0 Å². The van der Waals surface area contributed by atoms with Crippen molar-refractivity contribution in [2.45, 2.75) is 21.9 Å². The van der Waals surface area contributed by atoms with E-state index in [1.807, 2.05) is 18.2 Å². The van der Waals surface area contributed by atoms with Gasteiger partial charge in [0.2, 0.25) is 0 Å². The molecule has 0 aliphatic heterocycles. The van der Waals surface area contributed by atoms with Gasteiger partial charge in [0, 0.05) is 22.2 Å². The van der Waals surface area contributed by atoms with E-state index >= 15 is 0 Å². The van der Waals surface area contributed by atoms with Crippen molar-refractivity contribution in [3.05, 3.63) is 42.2 Å². The molecule has 1 aromatic heterocycles. The lowest BCUT2D eigenvalue weighted by Crippen LogP contribution is -1.89. The summed E-state index contributed by atoms with van der Waals surface area (Å²) in [6.07, 6.45) is 3.40. The molecule has 18 heavy (non-hydrogen) atoms. The standard InChI is InChI=1S/C13H11N3S2/c1-2-17-11-5-3-6-12(10(11)9-14)18-13-15-7-4-8-16-13/h3-8H,2H2,1H3. The highest BCUT2D eigenvalue weighted by molar-refractivity contribution is 8.00. The van der Waals surface area contributed by atoms with Gasteiger partial charge in [-0.3, -0.25) is 0 Å². The number of benzene rings is 1. The normalized spacial score (nSPS) is 10.0. The smallest absolute Gasteiger partial charge is 0.192 e. The molecule has 1 heterocycles. The molecule has 0 saturated heterocycles. The zero-order valence-electron chi connectivity index (χ0n) is 9.83. The van der Waals surface area contributed by atoms with Crippen molar-refractivity contribution < 1.29 is 0 Å². The summed E-state index contributed by atoms with van der Waals surface area (Å²) in [7, 11) is 0. The Hall–Kier alpha value is -1.51. The van der Waals surface area contributed by atoms with Gasteiger partial charge in [-0.05, 0) is 35.7 Å². The van der Waals surface area contributed by atoms with Crippen LogP contribution in [0.5, 0.6) is 0 Å². The van der Waals surface area contributed by atoms with Crippen molar-refractivity contribution in [2.75, 3.05) is 5.75 Å². The van der Waals surface area contributed by atoms with E-state index in [9.17, 15) is 5.26 Å². The zero-order chi connectivity index (χ0) is 12.8. The third-order valence-electron chi connectivity index (χ3n) is 2.14. The van der Waals surface area contributed by atoms with Crippen LogP contribution in [0.15, 0.2) is 51.6 Å². The fourth-order valence-electron chi connectivity index (χ4n) is 1.42. The quantitative estimate of drug-likeness (QED) is 0.629. The third-order valence-corrected chi connectivity index (χ3v) is 4.04. The summed E-state index contributed by atoms with van der Waals surface area (Å²) in [4.78, 5) is 10.2. The highest BCUT2D eigenvalue weighted by Gasteiger charge is 2.10. The van der Waals surface area contributed by atoms with Gasteiger partial charge in [-0.25, -0.2) is 9.97 Å². The van der Waals surface area contributed by atoms with Crippen LogP contribution in [-0.2, 0) is 0 Å². The number of nitriles is 1. The van der Waals surface area contributed by atoms with Gasteiger partial charge in [-0.1, -0.05) is 13.0 Å². The lowest BCUT2D eigenvalue weighted by atomic mass is 10.2. The maximum absolute atomic E-state index is 9.29. The van der Waals surface area contributed by atoms with E-state index in [0.717, 1.165) is 15.5 Å². The number of rotatable bonds is 4. The van der Waals surface area contributed by atoms with Crippen LogP contribution in [0.4, 0.5) is 0 Å². The Morgan fingerprint density at radius 2 is 1.89 bits per heavy atom. The first-order valence-corrected chi connectivity index (χ1v) is 7.26. The van der Waals surface area contributed by atoms with Crippen LogP contribution in [0.25, 0.3) is 0 Å². The summed E-state index contributed by atoms with van der Waals surface area (Å²) in [6, 6.07) is 9.92. The molecule has 1 aromatic carbocycles. The van der Waals surface area contributed by atoms with Crippen LogP contribution in [-0.4, -0.2) is 15.7 Å². The Balaban J connectivity index is 2.34. The second-order valence-electron chi connectivity index (χ2n) is 3.31. The van der Waals surface area contributed by atoms with Gasteiger partial charge in [0.15, 0.2) is 5.16 Å². The number of thioether (sulfide) groups is 1. The first-order valence-electron chi connectivity index (χ1n) is 5.46. The van der Waals surface area contributed by atoms with E-state index < -0.39 is 0 Å². The zero-order valence-corrected chi connectivity index (χ0v) is 11.5. The molecule has 2 aromatic rings. The minimum Gasteiger partial charge on any atom is -0.231 e. The van der Waals surface area contributed by atoms with Gasteiger partial charge in [0.25, 0.3) is 0 Å². The molecule has 5 heteroatoms. The average Bonchev–Trinajstić information content (AvgIpc) is 2.41. The molecule has 2 rings (SSSR count). The van der Waals surface area contributed by atoms with Crippen molar-refractivity contribution in [1.82, 2.24) is 9.97 Å². The molecule has 0 radical (unpaired) electrons. The van der Waals surface area contributed by atoms with Gasteiger partial charge in [0.1, 0.15) is 6.07 Å². The molecule has 0 bridgehead atoms. The van der Waals surface area contributed by atoms with Gasteiger partial charge in [0.05, 0.1) is 5.56 Å². The van der Waals surface area contributed by atoms with Crippen molar-refractivity contribution in [3.63, 3.8) is 0 Å². The molecule has 0 aliphatic rings. The number of nitrogens with zero attached hydrogens (tertiary/aromatic N) is 3. The predicted octanol–water partition coefficient (Wildman–Crippen LogP) is 3.61. The molecule has 0 fully saturated rings. The van der Waals surface area contributed by atoms with E-state index in [-0.39, 0.29) is 0 Å². The highest BCUT2D eigenvalue weighted by atomic mass is 32.2. The topological polar surface area (TPSA) is 49.6 Å². The molecule has 0 aliphatic carbocycles. The fraction of sp³-hybridized carbons (Fsp3) is 0.154. The van der Waals surface area contributed by atoms with Crippen LogP contribution in [0.3, 0.4) is 0 Å². The third kappa shape index (κ3) is 3.03. The summed E-state index contributed by atoms with van der Waals surface area (Å²) >= 11 is 3.10. The van der Waals surface area contributed by atoms with Crippen LogP contribution >= 0.6 is 23.5 Å². The molecule has 0 amide bonds. The van der Waals surface area contributed by atoms with Gasteiger partial charge in [-0.2, -0.15) is 5.26 Å². The first kappa shape index (κ1) is 12.9. The predicted molar refractivity (Wildman–Crippen MR) is 73.7 cm³/mol. The lowest BCUT2D eigenvalue weighted by Gasteiger charge is -2.06. The van der Waals surface area contributed by atoms with Gasteiger partial charge < -0.3 is 0 Å². The van der Waals surface area contributed by atoms with Crippen molar-refractivity contribution >= 4 is 23.5 Å². The minimum atomic E-state index is 0.660. The molecule has 0 spiro atoms. The maximum Gasteiger partial charge on any atom is 0.192 e. The molecule has 0 unspecified atom stereocenters. The SMILES string of the molecule is CCSc1cccc(Sc2ncccn2)c1C#N. The monoisotopic (exact) mass is 273 g/mol. The maximum atomic E-state index is 9.29. The number of hydrogen-bond donors (Lipinski definition) is 0. The van der Waals surface area contributed by atoms with Crippen molar-refractivity contribution in [1.29, 1.82) is 5.26 Å². The van der Waals surface area contributed by atoms with Gasteiger partial charge in [-0.15, -0.1) is 11.8 Å². The van der Waals surface area contributed by atoms with Gasteiger partial charge >= 0.3 is 0 Å². The number of aromatic nitrogens is 2. The summed E-state index contributed by atoms with van der Waals surface area (Å²) < 4.78 is 0. The fourth-order valence-corrected chi connectivity index (χ4v) is 3.10. The molecule has 3 nitrogen and oxygen atoms in total. The highest BCUT2D eigenvalue weighted by Crippen LogP contribution is 2.33. The van der Waals surface area contributed by atoms with E-state index in [1.54, 1.807) is 30.2 Å². The average molecular weight is 273 g/mol. The Morgan fingerprint density at radius 1 is 1.17 bits per heavy atom. The Bertz CT molecular complexity index is 564. The number of hydrogen-bond acceptors (Lipinski definition) is 5. The summed E-state index contributed by atoms with van der Waals surface area (Å²) in [5, 5.41) is 9.95. The lowest BCUT2D eigenvalue weighted by molar-refractivity contribution is 0.966.